The summed E-state index contributed by atoms with van der Waals surface area (Å²) in [5.74, 6) is 0.545. The number of piperidine rings is 4. The maximum Gasteiger partial charge on any atom is 0.410 e. The van der Waals surface area contributed by atoms with Crippen molar-refractivity contribution in [3.63, 3.8) is 0 Å². The first-order valence-electron chi connectivity index (χ1n) is 38.2. The van der Waals surface area contributed by atoms with Gasteiger partial charge in [0, 0.05) is 126 Å². The second-order valence-electron chi connectivity index (χ2n) is 33.0. The van der Waals surface area contributed by atoms with E-state index >= 15 is 0 Å². The molecule has 4 aromatic heterocycles. The molecule has 6 aliphatic heterocycles. The third-order valence-corrected chi connectivity index (χ3v) is 20.4. The van der Waals surface area contributed by atoms with Gasteiger partial charge in [0.2, 0.25) is 11.6 Å². The minimum atomic E-state index is -1.02. The minimum Gasteiger partial charge on any atom is -0.444 e. The summed E-state index contributed by atoms with van der Waals surface area (Å²) >= 11 is 28.2. The zero-order valence-electron chi connectivity index (χ0n) is 69.6. The van der Waals surface area contributed by atoms with Crippen molar-refractivity contribution in [3.8, 4) is 0 Å². The molecular formula is C84H110BrCl4N14O12W-. The van der Waals surface area contributed by atoms with Crippen molar-refractivity contribution in [1.82, 2.24) is 40.0 Å². The van der Waals surface area contributed by atoms with Crippen LogP contribution in [-0.4, -0.2) is 192 Å². The van der Waals surface area contributed by atoms with Crippen molar-refractivity contribution < 1.29 is 78.5 Å². The maximum absolute atomic E-state index is 14.0. The van der Waals surface area contributed by atoms with E-state index in [-0.39, 0.29) is 106 Å². The number of hydrogen-bond acceptors (Lipinski definition) is 21. The number of ether oxygens (including phenoxy) is 3. The Morgan fingerprint density at radius 3 is 1.29 bits per heavy atom. The zero-order chi connectivity index (χ0) is 83.9. The Balaban J connectivity index is 0.000000241. The number of likely N-dealkylation sites (tertiary alicyclic amines) is 3. The Hall–Kier alpha value is -7.88. The van der Waals surface area contributed by atoms with Gasteiger partial charge >= 0.3 is 18.3 Å². The Kier molecular flexibility index (Phi) is 35.3. The van der Waals surface area contributed by atoms with Crippen molar-refractivity contribution in [2.45, 2.75) is 221 Å². The summed E-state index contributed by atoms with van der Waals surface area (Å²) in [4.78, 5) is 125. The number of oxime groups is 2. The summed E-state index contributed by atoms with van der Waals surface area (Å²) in [6.45, 7) is 36.2. The second kappa shape index (κ2) is 42.2. The van der Waals surface area contributed by atoms with Crippen molar-refractivity contribution >= 4 is 133 Å². The number of nitrogens with one attached hydrogen (secondary N) is 2. The van der Waals surface area contributed by atoms with Crippen LogP contribution in [-0.2, 0) is 54.5 Å². The molecule has 4 N–H and O–H groups in total. The van der Waals surface area contributed by atoms with Crippen LogP contribution in [0.1, 0.15) is 195 Å². The average molecular weight is 1910 g/mol. The normalized spacial score (nSPS) is 18.8. The molecule has 10 heterocycles. The van der Waals surface area contributed by atoms with Gasteiger partial charge in [0.25, 0.3) is 11.8 Å². The fourth-order valence-electron chi connectivity index (χ4n) is 12.7. The molecule has 5 amide bonds. The molecule has 12 rings (SSSR count). The van der Waals surface area contributed by atoms with Gasteiger partial charge in [0.15, 0.2) is 34.3 Å². The Morgan fingerprint density at radius 1 is 0.534 bits per heavy atom. The van der Waals surface area contributed by atoms with E-state index in [1.807, 2.05) is 108 Å². The number of carbonyl (C=O) groups is 7. The van der Waals surface area contributed by atoms with Gasteiger partial charge in [-0.05, 0) is 262 Å². The molecular weight excluding hydrogens is 1800 g/mol. The van der Waals surface area contributed by atoms with Crippen LogP contribution in [0.25, 0.3) is 0 Å². The SMILES string of the molecule is CC(C)(C)OC(=O)N1CCC[C@@H](N)C1.Cc1cnc(Br)c(Cl)c1.Cc1cnc(N(C(=O)c2ccc(C3=NOC(C)(C)C3=O)cc2)[C@@H]2CCCN(C(=O)OC(C)(C)C)C2)c(Cl)c1.Cc1cnc(N(C(=O)c2ccc(C3=NOC(C)(C)C3=O)cc2)[C@@H]2CCCNC2)c(Cl)c1.Cc1cnc(N[C@@H]2CCCN(C(=O)OC(C)(C)C)C2)c(Cl)c1.[CH3-].[W]. The van der Waals surface area contributed by atoms with E-state index in [9.17, 15) is 33.6 Å². The number of rotatable bonds is 10. The van der Waals surface area contributed by atoms with Gasteiger partial charge in [0.05, 0.1) is 32.2 Å². The van der Waals surface area contributed by atoms with Gasteiger partial charge < -0.3 is 62.4 Å². The van der Waals surface area contributed by atoms with Gasteiger partial charge in [0.1, 0.15) is 27.2 Å². The molecule has 116 heavy (non-hydrogen) atoms. The predicted molar refractivity (Wildman–Crippen MR) is 456 cm³/mol. The van der Waals surface area contributed by atoms with Crippen LogP contribution in [0.2, 0.25) is 20.1 Å². The smallest absolute Gasteiger partial charge is 0.410 e. The van der Waals surface area contributed by atoms with Crippen LogP contribution in [0.3, 0.4) is 0 Å². The largest absolute Gasteiger partial charge is 0.444 e. The zero-order valence-corrected chi connectivity index (χ0v) is 77.1. The number of benzene rings is 2. The fraction of sp³-hybridized carbons (Fsp3) is 0.500. The first-order chi connectivity index (χ1) is 53.4. The number of nitrogens with two attached hydrogens (primary N) is 1. The molecule has 26 nitrogen and oxygen atoms in total. The van der Waals surface area contributed by atoms with Gasteiger partial charge in [-0.2, -0.15) is 0 Å². The summed E-state index contributed by atoms with van der Waals surface area (Å²) in [6, 6.07) is 20.6. The monoisotopic (exact) mass is 1910 g/mol. The van der Waals surface area contributed by atoms with Crippen LogP contribution < -0.4 is 26.2 Å². The molecule has 4 atom stereocenters. The molecule has 0 spiro atoms. The average Bonchev–Trinajstić information content (AvgIpc) is 1.45. The van der Waals surface area contributed by atoms with Crippen LogP contribution in [0.4, 0.5) is 31.8 Å². The minimum absolute atomic E-state index is 0. The maximum atomic E-state index is 14.0. The molecule has 6 aromatic rings. The molecule has 2 aromatic carbocycles. The Morgan fingerprint density at radius 2 is 0.914 bits per heavy atom. The third-order valence-electron chi connectivity index (χ3n) is 18.4. The predicted octanol–water partition coefficient (Wildman–Crippen LogP) is 17.1. The molecule has 4 saturated heterocycles. The van der Waals surface area contributed by atoms with Gasteiger partial charge in [-0.3, -0.25) is 29.0 Å². The summed E-state index contributed by atoms with van der Waals surface area (Å²) < 4.78 is 17.0. The molecule has 0 radical (unpaired) electrons. The summed E-state index contributed by atoms with van der Waals surface area (Å²) in [7, 11) is 0. The number of amides is 5. The first kappa shape index (κ1) is 97.0. The molecule has 32 heteroatoms. The van der Waals surface area contributed by atoms with Gasteiger partial charge in [-0.1, -0.05) is 81.0 Å². The number of anilines is 3. The van der Waals surface area contributed by atoms with Gasteiger partial charge in [-0.25, -0.2) is 34.3 Å². The number of hydrogen-bond donors (Lipinski definition) is 3. The molecule has 630 valence electrons. The fourth-order valence-corrected chi connectivity index (χ4v) is 14.0. The van der Waals surface area contributed by atoms with Crippen LogP contribution in [0, 0.1) is 35.1 Å². The molecule has 0 bridgehead atoms. The molecule has 0 aliphatic carbocycles. The van der Waals surface area contributed by atoms with Crippen LogP contribution in [0.5, 0.6) is 0 Å². The van der Waals surface area contributed by atoms with Crippen molar-refractivity contribution in [1.29, 1.82) is 0 Å². The first-order valence-corrected chi connectivity index (χ1v) is 40.5. The summed E-state index contributed by atoms with van der Waals surface area (Å²) in [5.41, 5.74) is 8.68. The van der Waals surface area contributed by atoms with Crippen molar-refractivity contribution in [2.75, 3.05) is 67.5 Å². The number of carbonyl (C=O) groups excluding carboxylic acids is 7. The van der Waals surface area contributed by atoms with Crippen molar-refractivity contribution in [2.24, 2.45) is 16.0 Å². The van der Waals surface area contributed by atoms with E-state index in [4.69, 9.17) is 76.0 Å². The summed E-state index contributed by atoms with van der Waals surface area (Å²) in [6.07, 6.45) is 13.0. The Bertz CT molecular complexity index is 4500. The number of aryl methyl sites for hydroxylation is 4. The standard InChI is InChI=1S/C28H33ClN4O5.C23H25ClN4O3.C16H24ClN3O2.C10H20N2O2.C6H5BrClN.CH3.W/c1-17-14-21(29)24(30-15-17)33(20-8-7-13-32(16-20)26(36)37-27(2,3)4)25(35)19-11-9-18(10-12-19)22-23(34)28(5,6)38-31-22;1-14-11-18(24)21(26-12-14)28(17-5-4-10-25-13-17)22(30)16-8-6-15(7-9-16)19-20(29)23(2,3)31-27-19;1-11-8-13(17)14(18-9-11)19-12-6-5-7-20(10-12)15(21)22-16(2,3)4;1-10(2,3)14-9(13)12-6-4-5-8(11)7-12;1-4-2-5(8)6(7)9-3-4;;/h9-12,14-15,20H,7-8,13,16H2,1-6H3;6-9,11-12,17,25H,4-5,10,13H2,1-3H3;8-9,12H,5-7,10H2,1-4H3,(H,18,19);8H,4-7,11H2,1-3H3;2-3H,1H3;1H3;/q;;;;;-1;/t20-;17-;12-;8-;;;/m1111.../s1. The number of pyridine rings is 4. The number of ketones is 2. The number of nitrogens with zero attached hydrogens (tertiary/aromatic N) is 11. The van der Waals surface area contributed by atoms with E-state index in [1.54, 1.807) is 132 Å². The van der Waals surface area contributed by atoms with E-state index in [1.165, 1.54) is 0 Å². The van der Waals surface area contributed by atoms with E-state index in [0.717, 1.165) is 80.4 Å². The van der Waals surface area contributed by atoms with Crippen LogP contribution >= 0.6 is 62.3 Å². The van der Waals surface area contributed by atoms with Crippen LogP contribution in [0.15, 0.2) is 112 Å². The summed E-state index contributed by atoms with van der Waals surface area (Å²) in [5, 5.41) is 16.6. The Labute approximate surface area is 725 Å². The van der Waals surface area contributed by atoms with E-state index < -0.39 is 34.1 Å². The molecule has 0 saturated carbocycles. The van der Waals surface area contributed by atoms with E-state index in [0.29, 0.717) is 103 Å². The quantitative estimate of drug-likeness (QED) is 0.0652. The van der Waals surface area contributed by atoms with Gasteiger partial charge in [-0.15, -0.1) is 0 Å². The topological polar surface area (TPSA) is 308 Å². The van der Waals surface area contributed by atoms with E-state index in [2.05, 4.69) is 56.8 Å². The van der Waals surface area contributed by atoms with Crippen molar-refractivity contribution in [3.05, 3.63) is 174 Å². The third kappa shape index (κ3) is 27.9. The number of halogens is 5. The number of aromatic nitrogens is 4. The second-order valence-corrected chi connectivity index (χ2v) is 35.4. The molecule has 0 unspecified atom stereocenters. The molecule has 6 aliphatic rings. The molecule has 4 fully saturated rings. The number of Topliss-reactive ketones (excluding diaryl/α,β-unsaturated/α-hetero) is 2.